The van der Waals surface area contributed by atoms with Crippen LogP contribution in [-0.2, 0) is 16.6 Å². The summed E-state index contributed by atoms with van der Waals surface area (Å²) in [5.41, 5.74) is 6.72. The second kappa shape index (κ2) is 5.09. The van der Waals surface area contributed by atoms with Gasteiger partial charge in [0, 0.05) is 17.2 Å². The largest absolute Gasteiger partial charge is 0.326 e. The van der Waals surface area contributed by atoms with Gasteiger partial charge < -0.3 is 5.73 Å². The Morgan fingerprint density at radius 3 is 2.78 bits per heavy atom. The van der Waals surface area contributed by atoms with E-state index in [-0.39, 0.29) is 4.90 Å². The number of aromatic amines is 1. The van der Waals surface area contributed by atoms with Gasteiger partial charge in [-0.3, -0.25) is 9.82 Å². The molecule has 1 aromatic carbocycles. The molecule has 6 nitrogen and oxygen atoms in total. The molecule has 0 unspecified atom stereocenters. The molecule has 1 aromatic heterocycles. The number of aromatic nitrogens is 2. The van der Waals surface area contributed by atoms with Crippen LogP contribution in [0.4, 0.5) is 5.69 Å². The van der Waals surface area contributed by atoms with Crippen LogP contribution in [0.15, 0.2) is 40.0 Å². The molecule has 2 aromatic rings. The third kappa shape index (κ3) is 2.71. The van der Waals surface area contributed by atoms with Gasteiger partial charge in [-0.15, -0.1) is 0 Å². The third-order valence-electron chi connectivity index (χ3n) is 2.27. The summed E-state index contributed by atoms with van der Waals surface area (Å²) in [6, 6.07) is 4.87. The van der Waals surface area contributed by atoms with E-state index < -0.39 is 10.0 Å². The highest BCUT2D eigenvalue weighted by molar-refractivity contribution is 9.10. The average molecular weight is 331 g/mol. The maximum Gasteiger partial charge on any atom is 0.263 e. The molecule has 8 heteroatoms. The maximum atomic E-state index is 12.1. The summed E-state index contributed by atoms with van der Waals surface area (Å²) in [4.78, 5) is 0.154. The Morgan fingerprint density at radius 1 is 1.44 bits per heavy atom. The lowest BCUT2D eigenvalue weighted by Crippen LogP contribution is -2.13. The third-order valence-corrected chi connectivity index (χ3v) is 4.63. The van der Waals surface area contributed by atoms with Crippen molar-refractivity contribution < 1.29 is 8.42 Å². The number of rotatable bonds is 4. The summed E-state index contributed by atoms with van der Waals surface area (Å²) in [5, 5.41) is 6.20. The normalized spacial score (nSPS) is 11.4. The Bertz CT molecular complexity index is 640. The lowest BCUT2D eigenvalue weighted by Gasteiger charge is -2.08. The lowest BCUT2D eigenvalue weighted by molar-refractivity contribution is 0.600. The number of hydrogen-bond acceptors (Lipinski definition) is 4. The number of nitrogens with one attached hydrogen (secondary N) is 2. The first-order valence-electron chi connectivity index (χ1n) is 5.03. The summed E-state index contributed by atoms with van der Waals surface area (Å²) in [6.07, 6.45) is 2.85. The zero-order chi connectivity index (χ0) is 13.2. The van der Waals surface area contributed by atoms with E-state index in [1.54, 1.807) is 12.1 Å². The first-order chi connectivity index (χ1) is 8.53. The summed E-state index contributed by atoms with van der Waals surface area (Å²) in [5.74, 6) is 0. The van der Waals surface area contributed by atoms with Gasteiger partial charge in [-0.1, -0.05) is 6.07 Å². The van der Waals surface area contributed by atoms with E-state index in [2.05, 4.69) is 30.8 Å². The SMILES string of the molecule is NCc1ccc(S(=O)(=O)Nc2cn[nH]c2)c(Br)c1. The lowest BCUT2D eigenvalue weighted by atomic mass is 10.2. The van der Waals surface area contributed by atoms with Crippen molar-refractivity contribution in [2.24, 2.45) is 5.73 Å². The van der Waals surface area contributed by atoms with Crippen LogP contribution in [0.5, 0.6) is 0 Å². The molecule has 0 saturated heterocycles. The van der Waals surface area contributed by atoms with Crippen molar-refractivity contribution in [3.8, 4) is 0 Å². The molecule has 0 fully saturated rings. The second-order valence-corrected chi connectivity index (χ2v) is 6.07. The van der Waals surface area contributed by atoms with Crippen molar-refractivity contribution in [3.63, 3.8) is 0 Å². The molecule has 0 bridgehead atoms. The summed E-state index contributed by atoms with van der Waals surface area (Å²) in [7, 11) is -3.64. The van der Waals surface area contributed by atoms with Crippen LogP contribution in [0.2, 0.25) is 0 Å². The fourth-order valence-corrected chi connectivity index (χ4v) is 3.57. The Hall–Kier alpha value is -1.38. The van der Waals surface area contributed by atoms with Crippen molar-refractivity contribution in [1.29, 1.82) is 0 Å². The van der Waals surface area contributed by atoms with Gasteiger partial charge in [-0.2, -0.15) is 5.10 Å². The van der Waals surface area contributed by atoms with Gasteiger partial charge in [-0.25, -0.2) is 8.42 Å². The topological polar surface area (TPSA) is 101 Å². The molecular formula is C10H11BrN4O2S. The summed E-state index contributed by atoms with van der Waals surface area (Å²) < 4.78 is 27.1. The van der Waals surface area contributed by atoms with E-state index >= 15 is 0 Å². The standard InChI is InChI=1S/C10H11BrN4O2S/c11-9-3-7(4-12)1-2-10(9)18(16,17)15-8-5-13-14-6-8/h1-3,5-6,15H,4,12H2,(H,13,14). The van der Waals surface area contributed by atoms with Gasteiger partial charge in [-0.05, 0) is 33.6 Å². The van der Waals surface area contributed by atoms with Crippen LogP contribution in [0.3, 0.4) is 0 Å². The second-order valence-electron chi connectivity index (χ2n) is 3.56. The van der Waals surface area contributed by atoms with Crippen molar-refractivity contribution >= 4 is 31.6 Å². The molecule has 0 amide bonds. The Kier molecular flexibility index (Phi) is 3.69. The Labute approximate surface area is 113 Å². The minimum absolute atomic E-state index is 0.154. The predicted molar refractivity (Wildman–Crippen MR) is 71.4 cm³/mol. The first-order valence-corrected chi connectivity index (χ1v) is 7.30. The minimum atomic E-state index is -3.64. The van der Waals surface area contributed by atoms with Crippen molar-refractivity contribution in [2.45, 2.75) is 11.4 Å². The fraction of sp³-hybridized carbons (Fsp3) is 0.100. The van der Waals surface area contributed by atoms with E-state index in [0.717, 1.165) is 5.56 Å². The molecule has 96 valence electrons. The molecule has 0 radical (unpaired) electrons. The number of sulfonamides is 1. The monoisotopic (exact) mass is 330 g/mol. The molecule has 0 aliphatic rings. The molecular weight excluding hydrogens is 320 g/mol. The van der Waals surface area contributed by atoms with Crippen molar-refractivity contribution in [1.82, 2.24) is 10.2 Å². The Balaban J connectivity index is 2.35. The van der Waals surface area contributed by atoms with Gasteiger partial charge in [0.25, 0.3) is 10.0 Å². The zero-order valence-electron chi connectivity index (χ0n) is 9.22. The molecule has 0 aliphatic carbocycles. The molecule has 0 spiro atoms. The van der Waals surface area contributed by atoms with E-state index in [1.807, 2.05) is 0 Å². The van der Waals surface area contributed by atoms with Crippen LogP contribution in [-0.4, -0.2) is 18.6 Å². The number of H-pyrrole nitrogens is 1. The first kappa shape index (κ1) is 13.1. The number of halogens is 1. The smallest absolute Gasteiger partial charge is 0.263 e. The minimum Gasteiger partial charge on any atom is -0.326 e. The summed E-state index contributed by atoms with van der Waals surface area (Å²) in [6.45, 7) is 0.355. The van der Waals surface area contributed by atoms with Crippen LogP contribution < -0.4 is 10.5 Å². The summed E-state index contributed by atoms with van der Waals surface area (Å²) >= 11 is 3.23. The zero-order valence-corrected chi connectivity index (χ0v) is 11.6. The van der Waals surface area contributed by atoms with Gasteiger partial charge >= 0.3 is 0 Å². The highest BCUT2D eigenvalue weighted by Crippen LogP contribution is 2.25. The van der Waals surface area contributed by atoms with Crippen molar-refractivity contribution in [3.05, 3.63) is 40.6 Å². The van der Waals surface area contributed by atoms with E-state index in [4.69, 9.17) is 5.73 Å². The highest BCUT2D eigenvalue weighted by Gasteiger charge is 2.18. The van der Waals surface area contributed by atoms with Gasteiger partial charge in [0.15, 0.2) is 0 Å². The van der Waals surface area contributed by atoms with Crippen LogP contribution in [0, 0.1) is 0 Å². The van der Waals surface area contributed by atoms with Gasteiger partial charge in [0.2, 0.25) is 0 Å². The van der Waals surface area contributed by atoms with Gasteiger partial charge in [0.1, 0.15) is 4.90 Å². The van der Waals surface area contributed by atoms with E-state index in [0.29, 0.717) is 16.7 Å². The number of hydrogen-bond donors (Lipinski definition) is 3. The molecule has 2 rings (SSSR count). The van der Waals surface area contributed by atoms with Crippen molar-refractivity contribution in [2.75, 3.05) is 4.72 Å². The number of anilines is 1. The number of nitrogens with two attached hydrogens (primary N) is 1. The molecule has 1 heterocycles. The highest BCUT2D eigenvalue weighted by atomic mass is 79.9. The molecule has 0 saturated carbocycles. The number of nitrogens with zero attached hydrogens (tertiary/aromatic N) is 1. The molecule has 4 N–H and O–H groups in total. The maximum absolute atomic E-state index is 12.1. The molecule has 18 heavy (non-hydrogen) atoms. The average Bonchev–Trinajstić information content (AvgIpc) is 2.80. The van der Waals surface area contributed by atoms with Crippen LogP contribution >= 0.6 is 15.9 Å². The van der Waals surface area contributed by atoms with Gasteiger partial charge in [0.05, 0.1) is 11.9 Å². The quantitative estimate of drug-likeness (QED) is 0.789. The van der Waals surface area contributed by atoms with E-state index in [1.165, 1.54) is 18.5 Å². The molecule has 0 atom stereocenters. The predicted octanol–water partition coefficient (Wildman–Crippen LogP) is 1.43. The fourth-order valence-electron chi connectivity index (χ4n) is 1.41. The Morgan fingerprint density at radius 2 is 2.22 bits per heavy atom. The van der Waals surface area contributed by atoms with Crippen LogP contribution in [0.25, 0.3) is 0 Å². The number of benzene rings is 1. The van der Waals surface area contributed by atoms with E-state index in [9.17, 15) is 8.42 Å². The van der Waals surface area contributed by atoms with Crippen LogP contribution in [0.1, 0.15) is 5.56 Å². The molecule has 0 aliphatic heterocycles.